The monoisotopic (exact) mass is 151 g/mol. The molecule has 0 saturated heterocycles. The largest absolute Gasteiger partial charge is 0.384 e. The molecule has 1 heterocycles. The van der Waals surface area contributed by atoms with E-state index in [1.54, 1.807) is 12.1 Å². The lowest BCUT2D eigenvalue weighted by Gasteiger charge is -1.99. The highest BCUT2D eigenvalue weighted by molar-refractivity contribution is 5.98. The van der Waals surface area contributed by atoms with Crippen molar-refractivity contribution < 1.29 is 4.79 Å². The lowest BCUT2D eigenvalue weighted by Crippen LogP contribution is -2.03. The summed E-state index contributed by atoms with van der Waals surface area (Å²) in [6, 6.07) is 3.12. The first-order valence-electron chi connectivity index (χ1n) is 3.14. The maximum Gasteiger partial charge on any atom is 0.163 e. The van der Waals surface area contributed by atoms with Crippen molar-refractivity contribution in [3.05, 3.63) is 17.7 Å². The molecule has 11 heavy (non-hydrogen) atoms. The van der Waals surface area contributed by atoms with Crippen LogP contribution in [0.15, 0.2) is 12.1 Å². The van der Waals surface area contributed by atoms with Gasteiger partial charge in [-0.1, -0.05) is 0 Å². The second-order valence-corrected chi connectivity index (χ2v) is 2.23. The van der Waals surface area contributed by atoms with Crippen LogP contribution < -0.4 is 11.5 Å². The highest BCUT2D eigenvalue weighted by atomic mass is 16.1. The molecule has 58 valence electrons. The molecule has 0 aliphatic heterocycles. The van der Waals surface area contributed by atoms with Crippen LogP contribution in [-0.2, 0) is 0 Å². The maximum absolute atomic E-state index is 10.8. The van der Waals surface area contributed by atoms with E-state index >= 15 is 0 Å². The minimum absolute atomic E-state index is 0.102. The maximum atomic E-state index is 10.8. The number of nitrogens with zero attached hydrogens (tertiary/aromatic N) is 1. The molecular weight excluding hydrogens is 142 g/mol. The summed E-state index contributed by atoms with van der Waals surface area (Å²) in [5.41, 5.74) is 11.2. The predicted molar refractivity (Wildman–Crippen MR) is 43.1 cm³/mol. The molecule has 0 unspecified atom stereocenters. The van der Waals surface area contributed by atoms with Gasteiger partial charge in [0.25, 0.3) is 0 Å². The van der Waals surface area contributed by atoms with E-state index in [-0.39, 0.29) is 11.6 Å². The van der Waals surface area contributed by atoms with Gasteiger partial charge in [0.2, 0.25) is 0 Å². The molecule has 4 N–H and O–H groups in total. The van der Waals surface area contributed by atoms with E-state index in [9.17, 15) is 4.79 Å². The van der Waals surface area contributed by atoms with Crippen LogP contribution in [0.3, 0.4) is 0 Å². The minimum Gasteiger partial charge on any atom is -0.384 e. The average Bonchev–Trinajstić information content (AvgIpc) is 1.85. The van der Waals surface area contributed by atoms with Gasteiger partial charge >= 0.3 is 0 Å². The predicted octanol–water partition coefficient (Wildman–Crippen LogP) is 0.449. The van der Waals surface area contributed by atoms with Crippen LogP contribution in [-0.4, -0.2) is 10.8 Å². The number of ketones is 1. The standard InChI is InChI=1S/C7H9N3O/c1-4(11)5-2-3-6(8)10-7(5)9/h2-3H,1H3,(H4,8,9,10). The molecule has 0 fully saturated rings. The normalized spacial score (nSPS) is 9.55. The van der Waals surface area contributed by atoms with Gasteiger partial charge in [0.15, 0.2) is 5.78 Å². The number of Topliss-reactive ketones (excluding diaryl/α,β-unsaturated/α-hetero) is 1. The van der Waals surface area contributed by atoms with Gasteiger partial charge < -0.3 is 11.5 Å². The fourth-order valence-corrected chi connectivity index (χ4v) is 0.788. The zero-order valence-corrected chi connectivity index (χ0v) is 6.16. The Hall–Kier alpha value is -1.58. The smallest absolute Gasteiger partial charge is 0.163 e. The lowest BCUT2D eigenvalue weighted by molar-refractivity contribution is 0.101. The highest BCUT2D eigenvalue weighted by Gasteiger charge is 2.04. The zero-order valence-electron chi connectivity index (χ0n) is 6.16. The molecule has 4 heteroatoms. The van der Waals surface area contributed by atoms with Crippen LogP contribution in [0.25, 0.3) is 0 Å². The minimum atomic E-state index is -0.102. The Bertz CT molecular complexity index is 296. The van der Waals surface area contributed by atoms with Crippen molar-refractivity contribution in [2.24, 2.45) is 0 Å². The molecule has 1 aromatic rings. The fourth-order valence-electron chi connectivity index (χ4n) is 0.788. The summed E-state index contributed by atoms with van der Waals surface area (Å²) in [7, 11) is 0. The van der Waals surface area contributed by atoms with E-state index < -0.39 is 0 Å². The fraction of sp³-hybridized carbons (Fsp3) is 0.143. The molecule has 1 rings (SSSR count). The number of nitrogens with two attached hydrogens (primary N) is 2. The molecule has 0 amide bonds. The van der Waals surface area contributed by atoms with E-state index in [1.165, 1.54) is 6.92 Å². The first-order valence-corrected chi connectivity index (χ1v) is 3.14. The quantitative estimate of drug-likeness (QED) is 0.571. The first-order chi connectivity index (χ1) is 5.11. The molecule has 1 aromatic heterocycles. The lowest BCUT2D eigenvalue weighted by atomic mass is 10.2. The first kappa shape index (κ1) is 7.53. The summed E-state index contributed by atoms with van der Waals surface area (Å²) in [6.45, 7) is 1.43. The third kappa shape index (κ3) is 1.46. The SMILES string of the molecule is CC(=O)c1ccc(N)nc1N. The summed E-state index contributed by atoms with van der Waals surface area (Å²) in [5.74, 6) is 0.417. The molecule has 0 spiro atoms. The van der Waals surface area contributed by atoms with Crippen LogP contribution in [0.5, 0.6) is 0 Å². The van der Waals surface area contributed by atoms with Gasteiger partial charge in [-0.3, -0.25) is 4.79 Å². The van der Waals surface area contributed by atoms with Gasteiger partial charge in [-0.15, -0.1) is 0 Å². The number of anilines is 2. The molecule has 0 aliphatic carbocycles. The van der Waals surface area contributed by atoms with Gasteiger partial charge in [0.05, 0.1) is 5.56 Å². The molecule has 0 aromatic carbocycles. The summed E-state index contributed by atoms with van der Waals surface area (Å²) in [5, 5.41) is 0. The van der Waals surface area contributed by atoms with Crippen LogP contribution in [0.4, 0.5) is 11.6 Å². The molecule has 0 radical (unpaired) electrons. The van der Waals surface area contributed by atoms with Crippen molar-refractivity contribution in [2.45, 2.75) is 6.92 Å². The number of pyridine rings is 1. The topological polar surface area (TPSA) is 82.0 Å². The Morgan fingerprint density at radius 2 is 2.09 bits per heavy atom. The number of carbonyl (C=O) groups excluding carboxylic acids is 1. The average molecular weight is 151 g/mol. The van der Waals surface area contributed by atoms with Gasteiger partial charge in [0, 0.05) is 0 Å². The van der Waals surface area contributed by atoms with E-state index in [0.29, 0.717) is 11.4 Å². The van der Waals surface area contributed by atoms with E-state index in [0.717, 1.165) is 0 Å². The second kappa shape index (κ2) is 2.57. The van der Waals surface area contributed by atoms with E-state index in [2.05, 4.69) is 4.98 Å². The summed E-state index contributed by atoms with van der Waals surface area (Å²) in [6.07, 6.45) is 0. The zero-order chi connectivity index (χ0) is 8.43. The molecule has 0 atom stereocenters. The van der Waals surface area contributed by atoms with Crippen molar-refractivity contribution in [2.75, 3.05) is 11.5 Å². The second-order valence-electron chi connectivity index (χ2n) is 2.23. The number of hydrogen-bond acceptors (Lipinski definition) is 4. The van der Waals surface area contributed by atoms with Crippen LogP contribution in [0.1, 0.15) is 17.3 Å². The van der Waals surface area contributed by atoms with Crippen LogP contribution >= 0.6 is 0 Å². The van der Waals surface area contributed by atoms with Crippen molar-refractivity contribution in [1.82, 2.24) is 4.98 Å². The van der Waals surface area contributed by atoms with Crippen molar-refractivity contribution in [3.8, 4) is 0 Å². The third-order valence-corrected chi connectivity index (χ3v) is 1.33. The van der Waals surface area contributed by atoms with Crippen LogP contribution in [0, 0.1) is 0 Å². The Balaban J connectivity index is 3.20. The molecule has 0 saturated carbocycles. The summed E-state index contributed by atoms with van der Waals surface area (Å²) >= 11 is 0. The molecule has 4 nitrogen and oxygen atoms in total. The van der Waals surface area contributed by atoms with Crippen molar-refractivity contribution in [1.29, 1.82) is 0 Å². The molecule has 0 aliphatic rings. The Morgan fingerprint density at radius 1 is 1.45 bits per heavy atom. The van der Waals surface area contributed by atoms with Crippen molar-refractivity contribution >= 4 is 17.4 Å². The Morgan fingerprint density at radius 3 is 2.55 bits per heavy atom. The van der Waals surface area contributed by atoms with E-state index in [1.807, 2.05) is 0 Å². The summed E-state index contributed by atoms with van der Waals surface area (Å²) in [4.78, 5) is 14.5. The van der Waals surface area contributed by atoms with Crippen LogP contribution in [0.2, 0.25) is 0 Å². The molecule has 0 bridgehead atoms. The number of hydrogen-bond donors (Lipinski definition) is 2. The van der Waals surface area contributed by atoms with Gasteiger partial charge in [0.1, 0.15) is 11.6 Å². The summed E-state index contributed by atoms with van der Waals surface area (Å²) < 4.78 is 0. The van der Waals surface area contributed by atoms with E-state index in [4.69, 9.17) is 11.5 Å². The highest BCUT2D eigenvalue weighted by Crippen LogP contribution is 2.10. The third-order valence-electron chi connectivity index (χ3n) is 1.33. The van der Waals surface area contributed by atoms with Crippen molar-refractivity contribution in [3.63, 3.8) is 0 Å². The van der Waals surface area contributed by atoms with Gasteiger partial charge in [-0.2, -0.15) is 0 Å². The Labute approximate surface area is 64.2 Å². The van der Waals surface area contributed by atoms with Gasteiger partial charge in [-0.25, -0.2) is 4.98 Å². The molecular formula is C7H9N3O. The van der Waals surface area contributed by atoms with Gasteiger partial charge in [-0.05, 0) is 19.1 Å². The Kier molecular flexibility index (Phi) is 1.76. The number of rotatable bonds is 1. The number of carbonyl (C=O) groups is 1. The number of nitrogen functional groups attached to an aromatic ring is 2. The number of aromatic nitrogens is 1.